The summed E-state index contributed by atoms with van der Waals surface area (Å²) < 4.78 is 0. The van der Waals surface area contributed by atoms with Gasteiger partial charge < -0.3 is 15.5 Å². The van der Waals surface area contributed by atoms with Crippen molar-refractivity contribution < 1.29 is 14.5 Å². The van der Waals surface area contributed by atoms with E-state index in [2.05, 4.69) is 10.6 Å². The van der Waals surface area contributed by atoms with Gasteiger partial charge in [0.25, 0.3) is 5.69 Å². The maximum Gasteiger partial charge on any atom is 0.321 e. The van der Waals surface area contributed by atoms with E-state index in [1.807, 2.05) is 25.1 Å². The zero-order valence-corrected chi connectivity index (χ0v) is 16.3. The second-order valence-electron chi connectivity index (χ2n) is 7.02. The number of rotatable bonds is 5. The van der Waals surface area contributed by atoms with E-state index in [0.717, 1.165) is 6.42 Å². The van der Waals surface area contributed by atoms with Gasteiger partial charge >= 0.3 is 6.03 Å². The van der Waals surface area contributed by atoms with Crippen LogP contribution >= 0.6 is 0 Å². The predicted octanol–water partition coefficient (Wildman–Crippen LogP) is 4.04. The van der Waals surface area contributed by atoms with Gasteiger partial charge in [-0.25, -0.2) is 4.79 Å². The first-order valence-corrected chi connectivity index (χ1v) is 9.67. The largest absolute Gasteiger partial charge is 0.326 e. The number of hydrogen-bond acceptors (Lipinski definition) is 4. The van der Waals surface area contributed by atoms with E-state index in [-0.39, 0.29) is 23.5 Å². The molecule has 3 amide bonds. The molecule has 1 aliphatic heterocycles. The molecule has 1 atom stereocenters. The van der Waals surface area contributed by atoms with Crippen LogP contribution in [0.15, 0.2) is 48.5 Å². The molecule has 0 saturated carbocycles. The Morgan fingerprint density at radius 2 is 1.90 bits per heavy atom. The van der Waals surface area contributed by atoms with Crippen LogP contribution < -0.4 is 10.6 Å². The first-order chi connectivity index (χ1) is 14.0. The van der Waals surface area contributed by atoms with Crippen LogP contribution in [-0.2, 0) is 11.2 Å². The second-order valence-corrected chi connectivity index (χ2v) is 7.02. The Balaban J connectivity index is 1.63. The maximum atomic E-state index is 12.7. The number of hydrogen-bond donors (Lipinski definition) is 2. The number of urea groups is 1. The smallest absolute Gasteiger partial charge is 0.321 e. The number of carbonyl (C=O) groups excluding carboxylic acids is 2. The van der Waals surface area contributed by atoms with Crippen molar-refractivity contribution in [3.05, 3.63) is 64.2 Å². The molecular weight excluding hydrogens is 372 g/mol. The molecule has 2 N–H and O–H groups in total. The summed E-state index contributed by atoms with van der Waals surface area (Å²) in [5.74, 6) is -0.601. The molecule has 0 bridgehead atoms. The van der Waals surface area contributed by atoms with Crippen molar-refractivity contribution in [3.63, 3.8) is 0 Å². The van der Waals surface area contributed by atoms with E-state index in [1.54, 1.807) is 29.2 Å². The highest BCUT2D eigenvalue weighted by atomic mass is 16.6. The number of likely N-dealkylation sites (tertiary alicyclic amines) is 1. The number of carbonyl (C=O) groups is 2. The summed E-state index contributed by atoms with van der Waals surface area (Å²) in [7, 11) is 0. The van der Waals surface area contributed by atoms with Crippen molar-refractivity contribution in [1.29, 1.82) is 0 Å². The molecule has 2 aromatic rings. The first kappa shape index (κ1) is 20.3. The van der Waals surface area contributed by atoms with E-state index in [9.17, 15) is 19.7 Å². The molecule has 2 aromatic carbocycles. The quantitative estimate of drug-likeness (QED) is 0.588. The average molecular weight is 396 g/mol. The van der Waals surface area contributed by atoms with Gasteiger partial charge in [0, 0.05) is 36.1 Å². The van der Waals surface area contributed by atoms with E-state index in [1.165, 1.54) is 6.07 Å². The number of piperidine rings is 1. The minimum absolute atomic E-state index is 0.00203. The van der Waals surface area contributed by atoms with Gasteiger partial charge in [-0.2, -0.15) is 0 Å². The summed E-state index contributed by atoms with van der Waals surface area (Å²) in [6, 6.07) is 13.6. The molecule has 29 heavy (non-hydrogen) atoms. The van der Waals surface area contributed by atoms with Crippen LogP contribution in [-0.4, -0.2) is 34.9 Å². The molecule has 1 heterocycles. The molecule has 1 saturated heterocycles. The summed E-state index contributed by atoms with van der Waals surface area (Å²) >= 11 is 0. The lowest BCUT2D eigenvalue weighted by Gasteiger charge is -2.32. The number of para-hydroxylation sites is 1. The van der Waals surface area contributed by atoms with E-state index >= 15 is 0 Å². The van der Waals surface area contributed by atoms with Gasteiger partial charge in [0.15, 0.2) is 0 Å². The fourth-order valence-corrected chi connectivity index (χ4v) is 3.45. The summed E-state index contributed by atoms with van der Waals surface area (Å²) in [5, 5.41) is 16.8. The van der Waals surface area contributed by atoms with Gasteiger partial charge in [-0.15, -0.1) is 0 Å². The number of nitro groups is 1. The number of aryl methyl sites for hydroxylation is 1. The molecule has 0 radical (unpaired) electrons. The van der Waals surface area contributed by atoms with Crippen molar-refractivity contribution >= 4 is 29.0 Å². The minimum Gasteiger partial charge on any atom is -0.326 e. The lowest BCUT2D eigenvalue weighted by molar-refractivity contribution is -0.385. The number of benzene rings is 2. The minimum atomic E-state index is -0.440. The molecule has 152 valence electrons. The van der Waals surface area contributed by atoms with Gasteiger partial charge in [-0.1, -0.05) is 31.2 Å². The zero-order chi connectivity index (χ0) is 20.8. The Morgan fingerprint density at radius 1 is 1.14 bits per heavy atom. The van der Waals surface area contributed by atoms with Crippen LogP contribution in [0, 0.1) is 16.0 Å². The Morgan fingerprint density at radius 3 is 2.59 bits per heavy atom. The molecule has 8 heteroatoms. The number of nitrogens with one attached hydrogen (secondary N) is 2. The number of nitrogens with zero attached hydrogens (tertiary/aromatic N) is 2. The van der Waals surface area contributed by atoms with Crippen LogP contribution in [0.2, 0.25) is 0 Å². The highest BCUT2D eigenvalue weighted by molar-refractivity contribution is 5.94. The van der Waals surface area contributed by atoms with Crippen molar-refractivity contribution in [1.82, 2.24) is 4.90 Å². The third-order valence-corrected chi connectivity index (χ3v) is 5.03. The molecule has 0 aromatic heterocycles. The number of anilines is 2. The third kappa shape index (κ3) is 5.10. The van der Waals surface area contributed by atoms with Crippen LogP contribution in [0.5, 0.6) is 0 Å². The average Bonchev–Trinajstić information content (AvgIpc) is 2.74. The van der Waals surface area contributed by atoms with E-state index in [4.69, 9.17) is 0 Å². The van der Waals surface area contributed by atoms with Gasteiger partial charge in [0.05, 0.1) is 10.8 Å². The van der Waals surface area contributed by atoms with E-state index < -0.39 is 4.92 Å². The lowest BCUT2D eigenvalue weighted by Crippen LogP contribution is -2.45. The van der Waals surface area contributed by atoms with Crippen LogP contribution in [0.1, 0.15) is 25.3 Å². The van der Waals surface area contributed by atoms with Crippen molar-refractivity contribution in [2.75, 3.05) is 23.7 Å². The summed E-state index contributed by atoms with van der Waals surface area (Å²) in [6.07, 6.45) is 1.92. The van der Waals surface area contributed by atoms with Gasteiger partial charge in [0.1, 0.15) is 0 Å². The van der Waals surface area contributed by atoms with Crippen LogP contribution in [0.4, 0.5) is 21.9 Å². The highest BCUT2D eigenvalue weighted by Gasteiger charge is 2.29. The van der Waals surface area contributed by atoms with Crippen LogP contribution in [0.25, 0.3) is 0 Å². The zero-order valence-electron chi connectivity index (χ0n) is 16.3. The standard InChI is InChI=1S/C21H24N4O4/c1-2-15-10-11-18(13-19(15)25(28)29)22-20(26)16-7-6-12-24(14-16)21(27)23-17-8-4-3-5-9-17/h3-5,8-11,13,16H,2,6-7,12,14H2,1H3,(H,22,26)(H,23,27). The highest BCUT2D eigenvalue weighted by Crippen LogP contribution is 2.25. The van der Waals surface area contributed by atoms with Crippen molar-refractivity contribution in [2.45, 2.75) is 26.2 Å². The molecule has 0 aliphatic carbocycles. The summed E-state index contributed by atoms with van der Waals surface area (Å²) in [5.41, 5.74) is 1.71. The Labute approximate surface area is 169 Å². The molecule has 8 nitrogen and oxygen atoms in total. The fourth-order valence-electron chi connectivity index (χ4n) is 3.45. The van der Waals surface area contributed by atoms with Crippen molar-refractivity contribution in [2.24, 2.45) is 5.92 Å². The molecule has 1 aliphatic rings. The van der Waals surface area contributed by atoms with Gasteiger partial charge in [-0.3, -0.25) is 14.9 Å². The second kappa shape index (κ2) is 9.18. The summed E-state index contributed by atoms with van der Waals surface area (Å²) in [6.45, 7) is 2.73. The first-order valence-electron chi connectivity index (χ1n) is 9.67. The molecule has 1 unspecified atom stereocenters. The monoisotopic (exact) mass is 396 g/mol. The van der Waals surface area contributed by atoms with Crippen molar-refractivity contribution in [3.8, 4) is 0 Å². The lowest BCUT2D eigenvalue weighted by atomic mass is 9.97. The SMILES string of the molecule is CCc1ccc(NC(=O)C2CCCN(C(=O)Nc3ccccc3)C2)cc1[N+](=O)[O-]. The third-order valence-electron chi connectivity index (χ3n) is 5.03. The Hall–Kier alpha value is -3.42. The number of amides is 3. The topological polar surface area (TPSA) is 105 Å². The summed E-state index contributed by atoms with van der Waals surface area (Å²) in [4.78, 5) is 37.6. The molecular formula is C21H24N4O4. The maximum absolute atomic E-state index is 12.7. The number of nitro benzene ring substituents is 1. The predicted molar refractivity (Wildman–Crippen MR) is 111 cm³/mol. The fraction of sp³-hybridized carbons (Fsp3) is 0.333. The molecule has 0 spiro atoms. The Kier molecular flexibility index (Phi) is 6.43. The normalized spacial score (nSPS) is 16.2. The van der Waals surface area contributed by atoms with E-state index in [0.29, 0.717) is 42.9 Å². The van der Waals surface area contributed by atoms with Gasteiger partial charge in [0.2, 0.25) is 5.91 Å². The van der Waals surface area contributed by atoms with Gasteiger partial charge in [-0.05, 0) is 37.5 Å². The molecule has 1 fully saturated rings. The van der Waals surface area contributed by atoms with Crippen LogP contribution in [0.3, 0.4) is 0 Å². The Bertz CT molecular complexity index is 901. The molecule has 3 rings (SSSR count).